The van der Waals surface area contributed by atoms with Crippen molar-refractivity contribution in [2.75, 3.05) is 13.1 Å². The van der Waals surface area contributed by atoms with E-state index in [1.54, 1.807) is 26.0 Å². The molecular formula is C35H43NO6Si. The summed E-state index contributed by atoms with van der Waals surface area (Å²) in [5.74, 6) is 0.564. The van der Waals surface area contributed by atoms with Gasteiger partial charge in [0.1, 0.15) is 11.4 Å². The number of piperidine rings is 1. The summed E-state index contributed by atoms with van der Waals surface area (Å²) >= 11 is 0. The van der Waals surface area contributed by atoms with Crippen LogP contribution >= 0.6 is 0 Å². The molecule has 1 amide bonds. The van der Waals surface area contributed by atoms with E-state index in [-0.39, 0.29) is 12.3 Å². The molecule has 7 nitrogen and oxygen atoms in total. The molecule has 43 heavy (non-hydrogen) atoms. The monoisotopic (exact) mass is 601 g/mol. The molecule has 1 fully saturated rings. The number of hydrogen-bond acceptors (Lipinski definition) is 5. The Labute approximate surface area is 256 Å². The highest BCUT2D eigenvalue weighted by Gasteiger charge is 2.48. The van der Waals surface area contributed by atoms with Gasteiger partial charge in [0.05, 0.1) is 5.60 Å². The van der Waals surface area contributed by atoms with Crippen LogP contribution in [0.1, 0.15) is 65.0 Å². The predicted molar refractivity (Wildman–Crippen MR) is 172 cm³/mol. The molecule has 0 aliphatic carbocycles. The molecule has 0 radical (unpaired) electrons. The van der Waals surface area contributed by atoms with Gasteiger partial charge in [0.25, 0.3) is 0 Å². The molecule has 0 bridgehead atoms. The van der Waals surface area contributed by atoms with Gasteiger partial charge in [-0.25, -0.2) is 4.79 Å². The van der Waals surface area contributed by atoms with Crippen molar-refractivity contribution in [3.05, 3.63) is 96.1 Å². The number of carboxylic acid groups (broad SMARTS) is 1. The first-order chi connectivity index (χ1) is 20.4. The van der Waals surface area contributed by atoms with E-state index in [2.05, 4.69) is 0 Å². The van der Waals surface area contributed by atoms with Gasteiger partial charge in [-0.2, -0.15) is 0 Å². The van der Waals surface area contributed by atoms with Crippen LogP contribution in [0.25, 0.3) is 6.08 Å². The molecule has 1 N–H and O–H groups in total. The number of carbonyl (C=O) groups is 2. The fourth-order valence-electron chi connectivity index (χ4n) is 5.41. The number of amides is 1. The minimum absolute atomic E-state index is 0.0230. The zero-order valence-electron chi connectivity index (χ0n) is 25.8. The molecule has 8 heteroatoms. The lowest BCUT2D eigenvalue weighted by Crippen LogP contribution is -2.68. The Bertz CT molecular complexity index is 1370. The van der Waals surface area contributed by atoms with Crippen LogP contribution in [0, 0.1) is 0 Å². The quantitative estimate of drug-likeness (QED) is 0.170. The number of nitrogens with zero attached hydrogens (tertiary/aromatic N) is 1. The van der Waals surface area contributed by atoms with Crippen molar-refractivity contribution in [1.29, 1.82) is 0 Å². The van der Waals surface area contributed by atoms with E-state index in [0.717, 1.165) is 53.9 Å². The highest BCUT2D eigenvalue weighted by atomic mass is 28.4. The number of rotatable bonds is 10. The molecular weight excluding hydrogens is 558 g/mol. The molecule has 3 aromatic rings. The van der Waals surface area contributed by atoms with E-state index in [1.165, 1.54) is 0 Å². The minimum Gasteiger partial charge on any atom is -0.514 e. The topological polar surface area (TPSA) is 85.3 Å². The van der Waals surface area contributed by atoms with Gasteiger partial charge in [0.15, 0.2) is 0 Å². The molecule has 1 saturated heterocycles. The van der Waals surface area contributed by atoms with Crippen LogP contribution in [0.2, 0.25) is 0 Å². The average molecular weight is 602 g/mol. The van der Waals surface area contributed by atoms with Gasteiger partial charge in [0, 0.05) is 36.0 Å². The van der Waals surface area contributed by atoms with E-state index in [9.17, 15) is 14.7 Å². The van der Waals surface area contributed by atoms with Gasteiger partial charge in [-0.05, 0) is 83.2 Å². The van der Waals surface area contributed by atoms with Crippen molar-refractivity contribution in [1.82, 2.24) is 4.90 Å². The third-order valence-corrected chi connectivity index (χ3v) is 10.8. The van der Waals surface area contributed by atoms with Crippen molar-refractivity contribution >= 4 is 37.1 Å². The first kappa shape index (κ1) is 32.0. The van der Waals surface area contributed by atoms with Gasteiger partial charge in [-0.1, -0.05) is 66.7 Å². The maximum absolute atomic E-state index is 12.9. The molecule has 0 atom stereocenters. The van der Waals surface area contributed by atoms with Crippen molar-refractivity contribution in [2.24, 2.45) is 0 Å². The Kier molecular flexibility index (Phi) is 10.1. The number of hydrogen-bond donors (Lipinski definition) is 1. The third-order valence-electron chi connectivity index (χ3n) is 7.19. The van der Waals surface area contributed by atoms with Crippen LogP contribution in [-0.2, 0) is 20.4 Å². The molecule has 0 spiro atoms. The lowest BCUT2D eigenvalue weighted by Gasteiger charge is -2.37. The Hall–Kier alpha value is -3.88. The summed E-state index contributed by atoms with van der Waals surface area (Å²) in [5.41, 5.74) is 0.0591. The number of carbonyl (C=O) groups excluding carboxylic acids is 1. The van der Waals surface area contributed by atoms with Gasteiger partial charge < -0.3 is 23.6 Å². The van der Waals surface area contributed by atoms with Crippen LogP contribution < -0.4 is 14.8 Å². The van der Waals surface area contributed by atoms with Gasteiger partial charge in [-0.15, -0.1) is 0 Å². The van der Waals surface area contributed by atoms with Crippen LogP contribution in [0.3, 0.4) is 0 Å². The fraction of sp³-hybridized carbons (Fsp3) is 0.371. The Morgan fingerprint density at radius 1 is 0.860 bits per heavy atom. The SMILES string of the molecule is CC(C)(C)O[Si](Oc1ccc(/C=C/C(=O)N2CCCCC2)c(CC(C)(C)OC(=O)O)c1)(c1ccccc1)c1ccccc1. The van der Waals surface area contributed by atoms with Crippen molar-refractivity contribution < 1.29 is 28.3 Å². The summed E-state index contributed by atoms with van der Waals surface area (Å²) in [6.45, 7) is 11.1. The third kappa shape index (κ3) is 8.81. The second kappa shape index (κ2) is 13.6. The summed E-state index contributed by atoms with van der Waals surface area (Å²) in [5, 5.41) is 11.3. The Morgan fingerprint density at radius 2 is 1.44 bits per heavy atom. The first-order valence-corrected chi connectivity index (χ1v) is 16.7. The summed E-state index contributed by atoms with van der Waals surface area (Å²) in [6, 6.07) is 25.8. The lowest BCUT2D eigenvalue weighted by atomic mass is 9.94. The van der Waals surface area contributed by atoms with E-state index < -0.39 is 25.9 Å². The zero-order valence-corrected chi connectivity index (χ0v) is 26.8. The second-order valence-corrected chi connectivity index (χ2v) is 15.3. The van der Waals surface area contributed by atoms with E-state index in [0.29, 0.717) is 5.75 Å². The fourth-order valence-corrected chi connectivity index (χ4v) is 8.84. The maximum Gasteiger partial charge on any atom is 0.506 e. The molecule has 1 aliphatic rings. The van der Waals surface area contributed by atoms with Crippen LogP contribution in [0.4, 0.5) is 4.79 Å². The summed E-state index contributed by atoms with van der Waals surface area (Å²) in [7, 11) is -3.31. The first-order valence-electron chi connectivity index (χ1n) is 14.9. The average Bonchev–Trinajstić information content (AvgIpc) is 2.96. The van der Waals surface area contributed by atoms with Crippen LogP contribution in [0.15, 0.2) is 84.9 Å². The van der Waals surface area contributed by atoms with Crippen LogP contribution in [0.5, 0.6) is 5.75 Å². The minimum atomic E-state index is -3.31. The number of benzene rings is 3. The highest BCUT2D eigenvalue weighted by Crippen LogP contribution is 2.29. The lowest BCUT2D eigenvalue weighted by molar-refractivity contribution is -0.126. The normalized spacial score (nSPS) is 14.5. The molecule has 3 aromatic carbocycles. The smallest absolute Gasteiger partial charge is 0.506 e. The Balaban J connectivity index is 1.79. The summed E-state index contributed by atoms with van der Waals surface area (Å²) < 4.78 is 19.2. The molecule has 1 heterocycles. The summed E-state index contributed by atoms with van der Waals surface area (Å²) in [4.78, 5) is 26.2. The number of ether oxygens (including phenoxy) is 1. The largest absolute Gasteiger partial charge is 0.514 e. The van der Waals surface area contributed by atoms with Gasteiger partial charge >= 0.3 is 14.7 Å². The molecule has 0 saturated carbocycles. The molecule has 0 aromatic heterocycles. The summed E-state index contributed by atoms with van der Waals surface area (Å²) in [6.07, 6.45) is 5.52. The zero-order chi connectivity index (χ0) is 31.1. The van der Waals surface area contributed by atoms with Crippen molar-refractivity contribution in [3.8, 4) is 5.75 Å². The standard InChI is InChI=1S/C35H43NO6Si/c1-34(2,3)42-43(30-15-9-6-10-16-30,31-17-11-7-12-18-31)41-29-21-19-27(20-22-32(37)36-23-13-8-14-24-36)28(25-29)26-35(4,5)40-33(38)39/h6-7,9-12,15-22,25H,8,13-14,23-24,26H2,1-5H3,(H,38,39)/b22-20+. The van der Waals surface area contributed by atoms with E-state index in [1.807, 2.05) is 105 Å². The van der Waals surface area contributed by atoms with Crippen LogP contribution in [-0.4, -0.2) is 54.9 Å². The molecule has 0 unspecified atom stereocenters. The van der Waals surface area contributed by atoms with E-state index in [4.69, 9.17) is 13.6 Å². The molecule has 1 aliphatic heterocycles. The molecule has 4 rings (SSSR count). The highest BCUT2D eigenvalue weighted by molar-refractivity contribution is 6.93. The van der Waals surface area contributed by atoms with Gasteiger partial charge in [-0.3, -0.25) is 4.79 Å². The van der Waals surface area contributed by atoms with Crippen molar-refractivity contribution in [3.63, 3.8) is 0 Å². The van der Waals surface area contributed by atoms with Crippen molar-refractivity contribution in [2.45, 2.75) is 71.5 Å². The number of likely N-dealkylation sites (tertiary alicyclic amines) is 1. The predicted octanol–water partition coefficient (Wildman–Crippen LogP) is 6.18. The maximum atomic E-state index is 12.9. The second-order valence-electron chi connectivity index (χ2n) is 12.5. The molecule has 228 valence electrons. The Morgan fingerprint density at radius 3 is 1.98 bits per heavy atom. The van der Waals surface area contributed by atoms with E-state index >= 15 is 0 Å². The van der Waals surface area contributed by atoms with Gasteiger partial charge in [0.2, 0.25) is 5.91 Å².